The van der Waals surface area contributed by atoms with E-state index >= 15 is 0 Å². The summed E-state index contributed by atoms with van der Waals surface area (Å²) in [4.78, 5) is 0. The van der Waals surface area contributed by atoms with Crippen LogP contribution in [0.5, 0.6) is 0 Å². The van der Waals surface area contributed by atoms with E-state index in [0.717, 1.165) is 0 Å². The van der Waals surface area contributed by atoms with Crippen LogP contribution in [-0.2, 0) is 0 Å². The van der Waals surface area contributed by atoms with Crippen molar-refractivity contribution in [2.45, 2.75) is 57.8 Å². The lowest BCUT2D eigenvalue weighted by Gasteiger charge is -2.51. The highest BCUT2D eigenvalue weighted by molar-refractivity contribution is 7.57. The molecule has 0 aromatic carbocycles. The molecule has 4 nitrogen and oxygen atoms in total. The Morgan fingerprint density at radius 3 is 0.950 bits per heavy atom. The summed E-state index contributed by atoms with van der Waals surface area (Å²) in [6.45, 7) is 7.03. The Bertz CT molecular complexity index is 289. The number of nitrogens with zero attached hydrogens (tertiary/aromatic N) is 3. The number of piperidine rings is 3. The quantitative estimate of drug-likeness (QED) is 0.800. The van der Waals surface area contributed by atoms with Gasteiger partial charge in [0.05, 0.1) is 0 Å². The van der Waals surface area contributed by atoms with Crippen molar-refractivity contribution in [3.63, 3.8) is 0 Å². The molecule has 0 spiro atoms. The van der Waals surface area contributed by atoms with E-state index in [2.05, 4.69) is 14.0 Å². The van der Waals surface area contributed by atoms with Crippen molar-refractivity contribution in [1.82, 2.24) is 14.0 Å². The molecule has 3 saturated heterocycles. The van der Waals surface area contributed by atoms with Crippen LogP contribution < -0.4 is 0 Å². The Balaban J connectivity index is 1.81. The standard InChI is InChI=1S/C15H31N4P/c16-20(17-10-4-1-5-11-17,18-12-6-2-7-13-18)19-14-8-3-9-15-19/h16H,1-15H2. The SMILES string of the molecule is N=P(N1CCCCC1)(N1CCCCC1)N1CCCCC1. The molecular formula is C15H31N4P. The summed E-state index contributed by atoms with van der Waals surface area (Å²) in [5.74, 6) is 0. The first-order valence-electron chi connectivity index (χ1n) is 8.72. The van der Waals surface area contributed by atoms with Gasteiger partial charge in [-0.15, -0.1) is 0 Å². The molecule has 20 heavy (non-hydrogen) atoms. The van der Waals surface area contributed by atoms with Gasteiger partial charge in [-0.25, -0.2) is 14.0 Å². The summed E-state index contributed by atoms with van der Waals surface area (Å²) >= 11 is 0. The average molecular weight is 298 g/mol. The van der Waals surface area contributed by atoms with Gasteiger partial charge in [0.2, 0.25) is 0 Å². The number of nitrogens with one attached hydrogen (secondary N) is 1. The maximum atomic E-state index is 9.49. The predicted molar refractivity (Wildman–Crippen MR) is 85.9 cm³/mol. The molecule has 0 aliphatic carbocycles. The summed E-state index contributed by atoms with van der Waals surface area (Å²) in [6, 6.07) is 0. The van der Waals surface area contributed by atoms with Crippen molar-refractivity contribution in [2.24, 2.45) is 0 Å². The molecule has 0 aromatic rings. The van der Waals surface area contributed by atoms with Crippen LogP contribution in [-0.4, -0.2) is 53.3 Å². The van der Waals surface area contributed by atoms with Crippen molar-refractivity contribution in [3.05, 3.63) is 0 Å². The highest BCUT2D eigenvalue weighted by atomic mass is 31.2. The molecule has 3 aliphatic heterocycles. The fourth-order valence-electron chi connectivity index (χ4n) is 4.00. The molecule has 0 saturated carbocycles. The normalized spacial score (nSPS) is 28.6. The molecule has 1 N–H and O–H groups in total. The van der Waals surface area contributed by atoms with Crippen LogP contribution in [0.2, 0.25) is 0 Å². The van der Waals surface area contributed by atoms with E-state index in [9.17, 15) is 5.16 Å². The summed E-state index contributed by atoms with van der Waals surface area (Å²) in [7, 11) is -1.95. The van der Waals surface area contributed by atoms with Gasteiger partial charge in [0.1, 0.15) is 0 Å². The maximum Gasteiger partial charge on any atom is 0.165 e. The Kier molecular flexibility index (Phi) is 5.19. The molecule has 116 valence electrons. The van der Waals surface area contributed by atoms with Gasteiger partial charge in [0.15, 0.2) is 7.51 Å². The molecule has 0 unspecified atom stereocenters. The Labute approximate surface area is 124 Å². The zero-order valence-corrected chi connectivity index (χ0v) is 13.8. The van der Waals surface area contributed by atoms with Crippen LogP contribution in [0.3, 0.4) is 0 Å². The van der Waals surface area contributed by atoms with Gasteiger partial charge in [-0.1, -0.05) is 19.3 Å². The molecular weight excluding hydrogens is 267 g/mol. The predicted octanol–water partition coefficient (Wildman–Crippen LogP) is 3.97. The van der Waals surface area contributed by atoms with E-state index in [4.69, 9.17) is 0 Å². The average Bonchev–Trinajstić information content (AvgIpc) is 2.56. The second-order valence-electron chi connectivity index (χ2n) is 6.61. The summed E-state index contributed by atoms with van der Waals surface area (Å²) < 4.78 is 7.77. The minimum atomic E-state index is -1.95. The Morgan fingerprint density at radius 2 is 0.700 bits per heavy atom. The van der Waals surface area contributed by atoms with Crippen LogP contribution in [0.15, 0.2) is 0 Å². The molecule has 0 bridgehead atoms. The largest absolute Gasteiger partial charge is 0.277 e. The van der Waals surface area contributed by atoms with E-state index in [1.54, 1.807) is 0 Å². The molecule has 3 fully saturated rings. The fraction of sp³-hybridized carbons (Fsp3) is 1.00. The highest BCUT2D eigenvalue weighted by Crippen LogP contribution is 2.59. The summed E-state index contributed by atoms with van der Waals surface area (Å²) in [6.07, 6.45) is 12.0. The van der Waals surface area contributed by atoms with Gasteiger partial charge in [-0.05, 0) is 38.5 Å². The highest BCUT2D eigenvalue weighted by Gasteiger charge is 2.39. The molecule has 0 atom stereocenters. The van der Waals surface area contributed by atoms with E-state index in [1.165, 1.54) is 97.1 Å². The van der Waals surface area contributed by atoms with Crippen molar-refractivity contribution in [1.29, 1.82) is 5.16 Å². The van der Waals surface area contributed by atoms with E-state index in [1.807, 2.05) is 0 Å². The van der Waals surface area contributed by atoms with Crippen molar-refractivity contribution < 1.29 is 0 Å². The number of rotatable bonds is 3. The first kappa shape index (κ1) is 15.0. The Hall–Kier alpha value is 0.110. The minimum Gasteiger partial charge on any atom is -0.277 e. The van der Waals surface area contributed by atoms with Gasteiger partial charge < -0.3 is 0 Å². The molecule has 0 amide bonds. The summed E-state index contributed by atoms with van der Waals surface area (Å²) in [5.41, 5.74) is 0. The third kappa shape index (κ3) is 2.99. The lowest BCUT2D eigenvalue weighted by molar-refractivity contribution is 0.245. The zero-order valence-electron chi connectivity index (χ0n) is 12.9. The molecule has 0 radical (unpaired) electrons. The summed E-state index contributed by atoms with van der Waals surface area (Å²) in [5, 5.41) is 9.49. The second-order valence-corrected chi connectivity index (χ2v) is 9.45. The van der Waals surface area contributed by atoms with Crippen LogP contribution in [0.4, 0.5) is 0 Å². The van der Waals surface area contributed by atoms with Crippen LogP contribution in [0.25, 0.3) is 0 Å². The fourth-order valence-corrected chi connectivity index (χ4v) is 7.60. The first-order valence-corrected chi connectivity index (χ1v) is 10.4. The second kappa shape index (κ2) is 6.91. The van der Waals surface area contributed by atoms with Crippen LogP contribution >= 0.6 is 7.51 Å². The molecule has 3 rings (SSSR count). The molecule has 3 aliphatic rings. The van der Waals surface area contributed by atoms with Gasteiger partial charge in [-0.2, -0.15) is 0 Å². The van der Waals surface area contributed by atoms with Gasteiger partial charge >= 0.3 is 0 Å². The minimum absolute atomic E-state index is 1.17. The first-order chi connectivity index (χ1) is 9.82. The van der Waals surface area contributed by atoms with Gasteiger partial charge in [0.25, 0.3) is 0 Å². The lowest BCUT2D eigenvalue weighted by atomic mass is 10.2. The van der Waals surface area contributed by atoms with E-state index < -0.39 is 7.51 Å². The number of hydrogen-bond acceptors (Lipinski definition) is 1. The smallest absolute Gasteiger partial charge is 0.165 e. The van der Waals surface area contributed by atoms with Crippen LogP contribution in [0.1, 0.15) is 57.8 Å². The molecule has 0 aromatic heterocycles. The van der Waals surface area contributed by atoms with Gasteiger partial charge in [-0.3, -0.25) is 5.16 Å². The topological polar surface area (TPSA) is 33.6 Å². The van der Waals surface area contributed by atoms with Crippen molar-refractivity contribution >= 4 is 7.51 Å². The zero-order chi connectivity index (χ0) is 13.8. The molecule has 5 heteroatoms. The van der Waals surface area contributed by atoms with Gasteiger partial charge in [0, 0.05) is 39.3 Å². The van der Waals surface area contributed by atoms with E-state index in [-0.39, 0.29) is 0 Å². The maximum absolute atomic E-state index is 9.49. The monoisotopic (exact) mass is 298 g/mol. The van der Waals surface area contributed by atoms with Crippen molar-refractivity contribution in [2.75, 3.05) is 39.3 Å². The lowest BCUT2D eigenvalue weighted by Crippen LogP contribution is -2.45. The van der Waals surface area contributed by atoms with Crippen LogP contribution in [0, 0.1) is 5.16 Å². The van der Waals surface area contributed by atoms with E-state index in [0.29, 0.717) is 0 Å². The Morgan fingerprint density at radius 1 is 0.450 bits per heavy atom. The third-order valence-corrected chi connectivity index (χ3v) is 8.75. The third-order valence-electron chi connectivity index (χ3n) is 5.18. The number of hydrogen-bond donors (Lipinski definition) is 1. The molecule has 3 heterocycles. The van der Waals surface area contributed by atoms with Crippen molar-refractivity contribution in [3.8, 4) is 0 Å².